The van der Waals surface area contributed by atoms with Crippen LogP contribution in [0.3, 0.4) is 0 Å². The van der Waals surface area contributed by atoms with Gasteiger partial charge in [-0.15, -0.1) is 0 Å². The zero-order chi connectivity index (χ0) is 36.4. The summed E-state index contributed by atoms with van der Waals surface area (Å²) >= 11 is 7.00. The van der Waals surface area contributed by atoms with Crippen LogP contribution < -0.4 is 9.47 Å². The molecule has 8 rings (SSSR count). The highest BCUT2D eigenvalue weighted by Crippen LogP contribution is 2.43. The molecule has 2 aromatic heterocycles. The molecular formula is C38H40ClFN8O4. The molecule has 4 fully saturated rings. The third-order valence-electron chi connectivity index (χ3n) is 10.8. The average molecular weight is 727 g/mol. The molecular weight excluding hydrogens is 687 g/mol. The summed E-state index contributed by atoms with van der Waals surface area (Å²) in [6, 6.07) is 10.5. The van der Waals surface area contributed by atoms with Crippen LogP contribution in [0.1, 0.15) is 25.2 Å². The SMILES string of the molecule is COc1nc(-c2cccc(-c3cccc(-c4cnc(CN5CC6(C5)CN(C(C)=O)C6)c(OC)n4)c3Cl)c2F)cnc1CN1CC2(C1)CN(C(C)=O)C2. The van der Waals surface area contributed by atoms with Gasteiger partial charge in [0.15, 0.2) is 0 Å². The number of ether oxygens (including phenoxy) is 2. The molecule has 0 bridgehead atoms. The van der Waals surface area contributed by atoms with Gasteiger partial charge in [-0.1, -0.05) is 41.9 Å². The Morgan fingerprint density at radius 1 is 0.692 bits per heavy atom. The molecule has 2 aromatic carbocycles. The van der Waals surface area contributed by atoms with Gasteiger partial charge < -0.3 is 19.3 Å². The van der Waals surface area contributed by atoms with Gasteiger partial charge in [-0.05, 0) is 6.07 Å². The van der Waals surface area contributed by atoms with Crippen LogP contribution in [0, 0.1) is 16.6 Å². The van der Waals surface area contributed by atoms with Crippen molar-refractivity contribution in [1.29, 1.82) is 0 Å². The van der Waals surface area contributed by atoms with E-state index in [2.05, 4.69) is 19.8 Å². The van der Waals surface area contributed by atoms with Crippen molar-refractivity contribution in [1.82, 2.24) is 39.5 Å². The zero-order valence-corrected chi connectivity index (χ0v) is 30.4. The van der Waals surface area contributed by atoms with Crippen LogP contribution in [-0.4, -0.2) is 118 Å². The lowest BCUT2D eigenvalue weighted by molar-refractivity contribution is -0.158. The number of carbonyl (C=O) groups is 2. The highest BCUT2D eigenvalue weighted by Gasteiger charge is 2.53. The second-order valence-corrected chi connectivity index (χ2v) is 15.2. The fourth-order valence-corrected chi connectivity index (χ4v) is 8.62. The summed E-state index contributed by atoms with van der Waals surface area (Å²) < 4.78 is 27.6. The van der Waals surface area contributed by atoms with Crippen LogP contribution in [0.4, 0.5) is 4.39 Å². The summed E-state index contributed by atoms with van der Waals surface area (Å²) in [4.78, 5) is 50.3. The molecule has 270 valence electrons. The van der Waals surface area contributed by atoms with Crippen molar-refractivity contribution in [3.63, 3.8) is 0 Å². The molecule has 6 heterocycles. The van der Waals surface area contributed by atoms with E-state index in [1.807, 2.05) is 21.9 Å². The van der Waals surface area contributed by atoms with Crippen molar-refractivity contribution in [3.05, 3.63) is 71.0 Å². The topological polar surface area (TPSA) is 117 Å². The molecule has 2 amide bonds. The third-order valence-corrected chi connectivity index (χ3v) is 11.2. The molecule has 52 heavy (non-hydrogen) atoms. The number of halogens is 2. The fraction of sp³-hybridized carbons (Fsp3) is 0.421. The van der Waals surface area contributed by atoms with Gasteiger partial charge in [-0.3, -0.25) is 29.4 Å². The predicted octanol–water partition coefficient (Wildman–Crippen LogP) is 4.41. The number of carbonyl (C=O) groups excluding carboxylic acids is 2. The van der Waals surface area contributed by atoms with Crippen LogP contribution in [0.25, 0.3) is 33.6 Å². The van der Waals surface area contributed by atoms with Gasteiger partial charge in [0.2, 0.25) is 23.6 Å². The Balaban J connectivity index is 0.982. The molecule has 0 N–H and O–H groups in total. The lowest BCUT2D eigenvalue weighted by atomic mass is 9.72. The third kappa shape index (κ3) is 6.04. The van der Waals surface area contributed by atoms with Gasteiger partial charge in [0, 0.05) is 112 Å². The summed E-state index contributed by atoms with van der Waals surface area (Å²) in [5, 5.41) is 0.330. The van der Waals surface area contributed by atoms with Gasteiger partial charge >= 0.3 is 0 Å². The highest BCUT2D eigenvalue weighted by molar-refractivity contribution is 6.36. The Bertz CT molecular complexity index is 1920. The van der Waals surface area contributed by atoms with Crippen molar-refractivity contribution < 1.29 is 23.5 Å². The smallest absolute Gasteiger partial charge is 0.237 e. The first-order chi connectivity index (χ1) is 25.0. The first-order valence-corrected chi connectivity index (χ1v) is 17.7. The van der Waals surface area contributed by atoms with Crippen LogP contribution in [0.5, 0.6) is 11.8 Å². The van der Waals surface area contributed by atoms with E-state index in [0.717, 1.165) is 52.4 Å². The van der Waals surface area contributed by atoms with E-state index in [4.69, 9.17) is 31.0 Å². The molecule has 4 aliphatic heterocycles. The molecule has 4 aliphatic rings. The molecule has 0 radical (unpaired) electrons. The van der Waals surface area contributed by atoms with Crippen molar-refractivity contribution in [2.45, 2.75) is 26.9 Å². The van der Waals surface area contributed by atoms with E-state index in [0.29, 0.717) is 69.3 Å². The molecule has 14 heteroatoms. The maximum absolute atomic E-state index is 16.4. The summed E-state index contributed by atoms with van der Waals surface area (Å²) in [7, 11) is 3.10. The minimum atomic E-state index is -0.487. The van der Waals surface area contributed by atoms with Gasteiger partial charge in [0.1, 0.15) is 17.2 Å². The standard InChI is InChI=1S/C38H40ClFN8O4/c1-23(49)47-19-37(20-47)15-45(16-37)13-31-35(51-3)43-29(11-41-31)27-9-5-7-25(33(27)39)26-8-6-10-28(34(26)40)30-12-42-32(36(44-30)52-4)14-46-17-38(18-46)21-48(22-38)24(2)50/h5-12H,13-22H2,1-4H3. The Labute approximate surface area is 306 Å². The lowest BCUT2D eigenvalue weighted by Gasteiger charge is -2.60. The Kier molecular flexibility index (Phi) is 8.62. The Morgan fingerprint density at radius 2 is 1.12 bits per heavy atom. The molecule has 12 nitrogen and oxygen atoms in total. The van der Waals surface area contributed by atoms with E-state index in [1.54, 1.807) is 57.6 Å². The number of rotatable bonds is 9. The zero-order valence-electron chi connectivity index (χ0n) is 29.7. The average Bonchev–Trinajstić information content (AvgIpc) is 3.06. The fourth-order valence-electron chi connectivity index (χ4n) is 8.30. The van der Waals surface area contributed by atoms with Crippen LogP contribution in [-0.2, 0) is 22.7 Å². The Morgan fingerprint density at radius 3 is 1.58 bits per heavy atom. The van der Waals surface area contributed by atoms with Gasteiger partial charge in [0.05, 0.1) is 43.0 Å². The second-order valence-electron chi connectivity index (χ2n) is 14.8. The summed E-state index contributed by atoms with van der Waals surface area (Å²) in [5.74, 6) is 0.494. The largest absolute Gasteiger partial charge is 0.480 e. The number of aromatic nitrogens is 4. The number of hydrogen-bond acceptors (Lipinski definition) is 10. The molecule has 4 saturated heterocycles. The summed E-state index contributed by atoms with van der Waals surface area (Å²) in [6.07, 6.45) is 3.24. The molecule has 0 aliphatic carbocycles. The van der Waals surface area contributed by atoms with E-state index in [-0.39, 0.29) is 28.2 Å². The van der Waals surface area contributed by atoms with E-state index in [1.165, 1.54) is 7.11 Å². The highest BCUT2D eigenvalue weighted by atomic mass is 35.5. The van der Waals surface area contributed by atoms with Crippen LogP contribution in [0.15, 0.2) is 48.8 Å². The number of nitrogens with zero attached hydrogens (tertiary/aromatic N) is 8. The number of methoxy groups -OCH3 is 2. The van der Waals surface area contributed by atoms with E-state index >= 15 is 4.39 Å². The minimum Gasteiger partial charge on any atom is -0.480 e. The van der Waals surface area contributed by atoms with Crippen molar-refractivity contribution >= 4 is 23.4 Å². The first-order valence-electron chi connectivity index (χ1n) is 17.3. The number of likely N-dealkylation sites (tertiary alicyclic amines) is 4. The van der Waals surface area contributed by atoms with Crippen molar-refractivity contribution in [2.75, 3.05) is 66.6 Å². The quantitative estimate of drug-likeness (QED) is 0.246. The molecule has 0 saturated carbocycles. The van der Waals surface area contributed by atoms with Gasteiger partial charge in [-0.2, -0.15) is 0 Å². The number of hydrogen-bond donors (Lipinski definition) is 0. The first kappa shape index (κ1) is 34.4. The molecule has 4 aromatic rings. The number of amides is 2. The van der Waals surface area contributed by atoms with Crippen molar-refractivity contribution in [3.8, 4) is 45.4 Å². The molecule has 0 atom stereocenters. The molecule has 2 spiro atoms. The maximum atomic E-state index is 16.4. The van der Waals surface area contributed by atoms with Crippen molar-refractivity contribution in [2.24, 2.45) is 10.8 Å². The second kappa shape index (κ2) is 13.0. The minimum absolute atomic E-state index is 0.115. The van der Waals surface area contributed by atoms with E-state index < -0.39 is 5.82 Å². The summed E-state index contributed by atoms with van der Waals surface area (Å²) in [6.45, 7) is 11.1. The van der Waals surface area contributed by atoms with E-state index in [9.17, 15) is 9.59 Å². The monoisotopic (exact) mass is 726 g/mol. The lowest BCUT2D eigenvalue weighted by Crippen LogP contribution is -2.72. The van der Waals surface area contributed by atoms with Gasteiger partial charge in [0.25, 0.3) is 0 Å². The predicted molar refractivity (Wildman–Crippen MR) is 192 cm³/mol. The number of benzene rings is 2. The van der Waals surface area contributed by atoms with Crippen LogP contribution in [0.2, 0.25) is 5.02 Å². The Hall–Kier alpha value is -4.72. The van der Waals surface area contributed by atoms with Crippen LogP contribution >= 0.6 is 11.6 Å². The van der Waals surface area contributed by atoms with Gasteiger partial charge in [-0.25, -0.2) is 14.4 Å². The summed E-state index contributed by atoms with van der Waals surface area (Å²) in [5.41, 5.74) is 4.27. The molecule has 0 unspecified atom stereocenters. The maximum Gasteiger partial charge on any atom is 0.237 e. The normalized spacial score (nSPS) is 18.7.